The van der Waals surface area contributed by atoms with Gasteiger partial charge in [-0.2, -0.15) is 20.4 Å². The van der Waals surface area contributed by atoms with Crippen molar-refractivity contribution >= 4 is 66.6 Å². The molecule has 8 aromatic heterocycles. The second-order valence-corrected chi connectivity index (χ2v) is 17.5. The summed E-state index contributed by atoms with van der Waals surface area (Å²) >= 11 is 0. The van der Waals surface area contributed by atoms with Crippen LogP contribution in [-0.4, -0.2) is 59.1 Å². The normalized spacial score (nSPS) is 11.6. The average molecular weight is 919 g/mol. The van der Waals surface area contributed by atoms with Gasteiger partial charge in [0.1, 0.15) is 23.0 Å². The Hall–Kier alpha value is -9.44. The van der Waals surface area contributed by atoms with Crippen LogP contribution in [0.25, 0.3) is 54.6 Å². The first-order valence-corrected chi connectivity index (χ1v) is 23.0. The molecule has 0 aliphatic heterocycles. The van der Waals surface area contributed by atoms with Crippen molar-refractivity contribution in [3.8, 4) is 11.3 Å². The highest BCUT2D eigenvalue weighted by Crippen LogP contribution is 2.29. The topological polar surface area (TPSA) is 199 Å². The fourth-order valence-corrected chi connectivity index (χ4v) is 8.97. The predicted octanol–water partition coefficient (Wildman–Crippen LogP) is 8.91. The summed E-state index contributed by atoms with van der Waals surface area (Å²) in [6, 6.07) is 39.5. The van der Waals surface area contributed by atoms with Crippen LogP contribution in [0.1, 0.15) is 33.4 Å². The lowest BCUT2D eigenvalue weighted by Crippen LogP contribution is -2.04. The fraction of sp³-hybridized carbons (Fsp3) is 0.111. The number of hydrogen-bond acceptors (Lipinski definition) is 12. The Kier molecular flexibility index (Phi) is 10.8. The molecule has 0 unspecified atom stereocenters. The molecule has 0 aliphatic rings. The number of nitrogens with zero attached hydrogens (tertiary/aromatic N) is 12. The van der Waals surface area contributed by atoms with Gasteiger partial charge in [0, 0.05) is 84.4 Å². The van der Waals surface area contributed by atoms with Crippen LogP contribution in [0.2, 0.25) is 0 Å². The van der Waals surface area contributed by atoms with Gasteiger partial charge in [0.05, 0.1) is 49.0 Å². The number of nitrogens with one attached hydrogen (secondary N) is 2. The third-order valence-corrected chi connectivity index (χ3v) is 12.6. The first-order valence-electron chi connectivity index (χ1n) is 23.0. The Bertz CT molecular complexity index is 3810. The Morgan fingerprint density at radius 3 is 1.79 bits per heavy atom. The molecule has 0 saturated carbocycles. The van der Waals surface area contributed by atoms with Crippen LogP contribution in [0.5, 0.6) is 0 Å². The first-order chi connectivity index (χ1) is 34.4. The first kappa shape index (κ1) is 42.0. The van der Waals surface area contributed by atoms with Crippen molar-refractivity contribution in [2.75, 3.05) is 22.1 Å². The number of anilines is 4. The molecule has 12 rings (SSSR count). The van der Waals surface area contributed by atoms with Crippen molar-refractivity contribution < 1.29 is 0 Å². The van der Waals surface area contributed by atoms with Gasteiger partial charge in [-0.15, -0.1) is 0 Å². The number of hydrogen-bond donors (Lipinski definition) is 4. The summed E-state index contributed by atoms with van der Waals surface area (Å²) in [6.07, 6.45) is 17.1. The maximum Gasteiger partial charge on any atom is 0.154 e. The van der Waals surface area contributed by atoms with Crippen molar-refractivity contribution in [2.45, 2.75) is 39.3 Å². The van der Waals surface area contributed by atoms with Gasteiger partial charge in [0.2, 0.25) is 0 Å². The standard InChI is InChI=1S/C54H46N16/c55-51-45-12-10-39(22-41(45)14-18-57-51)25-60-53-47-34-70(65-48(47)16-20-58-53)31-38-8-4-36(5-9-38)29-68-33-44(27-63-68)49-24-43-23-40(11-13-46(43)52(56)64-49)26-61-54-50-42(15-19-59-54)32-69(66-50)30-37-6-2-35(3-7-37)28-67-21-1-17-62-67/h1-24,27,32-34H,25-26,28-31H2,(H2,55,57)(H2,56,64)(H,58,60)(H,59,61). The van der Waals surface area contributed by atoms with Crippen molar-refractivity contribution in [1.29, 1.82) is 0 Å². The number of pyridine rings is 4. The van der Waals surface area contributed by atoms with Crippen LogP contribution in [0.15, 0.2) is 171 Å². The molecular weight excluding hydrogens is 873 g/mol. The lowest BCUT2D eigenvalue weighted by atomic mass is 10.1. The molecule has 342 valence electrons. The third-order valence-electron chi connectivity index (χ3n) is 12.6. The van der Waals surface area contributed by atoms with E-state index in [1.807, 2.05) is 86.1 Å². The van der Waals surface area contributed by atoms with Crippen molar-refractivity contribution in [3.05, 3.63) is 204 Å². The number of nitrogens with two attached hydrogens (primary N) is 2. The Labute approximate surface area is 401 Å². The quantitative estimate of drug-likeness (QED) is 0.0763. The molecule has 4 aromatic carbocycles. The maximum atomic E-state index is 6.55. The molecule has 12 aromatic rings. The summed E-state index contributed by atoms with van der Waals surface area (Å²) in [5.74, 6) is 2.52. The van der Waals surface area contributed by atoms with E-state index in [9.17, 15) is 0 Å². The number of benzene rings is 4. The average Bonchev–Trinajstić information content (AvgIpc) is 4.22. The van der Waals surface area contributed by atoms with E-state index in [2.05, 4.69) is 116 Å². The van der Waals surface area contributed by atoms with Crippen LogP contribution in [0.3, 0.4) is 0 Å². The Morgan fingerprint density at radius 2 is 1.06 bits per heavy atom. The van der Waals surface area contributed by atoms with Gasteiger partial charge in [-0.1, -0.05) is 72.8 Å². The van der Waals surface area contributed by atoms with Crippen molar-refractivity contribution in [1.82, 2.24) is 59.1 Å². The van der Waals surface area contributed by atoms with E-state index in [0.717, 1.165) is 95.0 Å². The van der Waals surface area contributed by atoms with Gasteiger partial charge >= 0.3 is 0 Å². The zero-order valence-electron chi connectivity index (χ0n) is 37.9. The molecule has 0 spiro atoms. The van der Waals surface area contributed by atoms with Crippen LogP contribution in [-0.2, 0) is 39.3 Å². The molecule has 0 fully saturated rings. The number of fused-ring (bicyclic) bond motifs is 4. The maximum absolute atomic E-state index is 6.55. The van der Waals surface area contributed by atoms with Gasteiger partial charge in [0.15, 0.2) is 5.82 Å². The van der Waals surface area contributed by atoms with E-state index in [1.54, 1.807) is 18.6 Å². The summed E-state index contributed by atoms with van der Waals surface area (Å²) in [5, 5.41) is 31.7. The van der Waals surface area contributed by atoms with E-state index < -0.39 is 0 Å². The molecule has 0 atom stereocenters. The second-order valence-electron chi connectivity index (χ2n) is 17.5. The predicted molar refractivity (Wildman–Crippen MR) is 275 cm³/mol. The highest BCUT2D eigenvalue weighted by atomic mass is 15.3. The summed E-state index contributed by atoms with van der Waals surface area (Å²) in [5.41, 5.74) is 22.8. The minimum Gasteiger partial charge on any atom is -0.383 e. The molecule has 70 heavy (non-hydrogen) atoms. The zero-order chi connectivity index (χ0) is 47.0. The van der Waals surface area contributed by atoms with Crippen LogP contribution in [0.4, 0.5) is 23.3 Å². The molecule has 6 N–H and O–H groups in total. The van der Waals surface area contributed by atoms with Crippen molar-refractivity contribution in [3.63, 3.8) is 0 Å². The van der Waals surface area contributed by atoms with Crippen molar-refractivity contribution in [2.24, 2.45) is 0 Å². The largest absolute Gasteiger partial charge is 0.383 e. The summed E-state index contributed by atoms with van der Waals surface area (Å²) in [7, 11) is 0. The van der Waals surface area contributed by atoms with E-state index in [0.29, 0.717) is 44.4 Å². The van der Waals surface area contributed by atoms with Gasteiger partial charge in [0.25, 0.3) is 0 Å². The van der Waals surface area contributed by atoms with E-state index >= 15 is 0 Å². The number of rotatable bonds is 15. The smallest absolute Gasteiger partial charge is 0.154 e. The van der Waals surface area contributed by atoms with Crippen LogP contribution in [0, 0.1) is 0 Å². The Morgan fingerprint density at radius 1 is 0.457 bits per heavy atom. The van der Waals surface area contributed by atoms with Crippen LogP contribution >= 0.6 is 0 Å². The summed E-state index contributed by atoms with van der Waals surface area (Å²) in [6.45, 7) is 3.78. The summed E-state index contributed by atoms with van der Waals surface area (Å²) in [4.78, 5) is 18.3. The molecule has 0 aliphatic carbocycles. The molecular formula is C54H46N16. The second kappa shape index (κ2) is 18.0. The van der Waals surface area contributed by atoms with Crippen LogP contribution < -0.4 is 22.1 Å². The third kappa shape index (κ3) is 8.79. The van der Waals surface area contributed by atoms with Gasteiger partial charge < -0.3 is 22.1 Å². The fourth-order valence-electron chi connectivity index (χ4n) is 8.97. The molecule has 0 amide bonds. The highest BCUT2D eigenvalue weighted by molar-refractivity contribution is 5.95. The lowest BCUT2D eigenvalue weighted by Gasteiger charge is -2.09. The molecule has 0 radical (unpaired) electrons. The minimum atomic E-state index is 0.471. The minimum absolute atomic E-state index is 0.471. The molecule has 8 heterocycles. The summed E-state index contributed by atoms with van der Waals surface area (Å²) < 4.78 is 7.77. The Balaban J connectivity index is 0.678. The van der Waals surface area contributed by atoms with Gasteiger partial charge in [-0.05, 0) is 86.6 Å². The van der Waals surface area contributed by atoms with Gasteiger partial charge in [-0.3, -0.25) is 18.7 Å². The number of nitrogen functional groups attached to an aromatic ring is 2. The molecule has 0 saturated heterocycles. The van der Waals surface area contributed by atoms with E-state index in [1.165, 1.54) is 11.1 Å². The lowest BCUT2D eigenvalue weighted by molar-refractivity contribution is 0.682. The van der Waals surface area contributed by atoms with E-state index in [-0.39, 0.29) is 0 Å². The SMILES string of the molecule is Nc1nccc2cc(CNc3nccc4nn(Cc5ccc(Cn6cc(-c7cc8cc(CNc9nccc%10cn(Cc%11ccc(Cn%12cccn%12)cc%11)nc9%10)ccc8c(N)n7)cn6)cc5)cc34)ccc12. The number of aromatic nitrogens is 12. The monoisotopic (exact) mass is 918 g/mol. The highest BCUT2D eigenvalue weighted by Gasteiger charge is 2.13. The van der Waals surface area contributed by atoms with Gasteiger partial charge in [-0.25, -0.2) is 19.9 Å². The van der Waals surface area contributed by atoms with E-state index in [4.69, 9.17) is 31.7 Å². The zero-order valence-corrected chi connectivity index (χ0v) is 37.9. The molecule has 0 bridgehead atoms. The molecule has 16 heteroatoms. The molecule has 16 nitrogen and oxygen atoms in total.